The maximum Gasteiger partial charge on any atom is 0.306 e. The van der Waals surface area contributed by atoms with E-state index in [1.807, 2.05) is 0 Å². The number of rotatable bonds is 53. The lowest BCUT2D eigenvalue weighted by Gasteiger charge is -2.18. The van der Waals surface area contributed by atoms with Gasteiger partial charge in [-0.3, -0.25) is 14.4 Å². The lowest BCUT2D eigenvalue weighted by molar-refractivity contribution is -0.167. The largest absolute Gasteiger partial charge is 0.462 e. The standard InChI is InChI=1S/C59H110O6/c1-4-7-10-13-16-19-22-25-27-29-30-31-33-34-37-40-43-46-49-52-58(61)64-55-56(54-63-57(60)51-48-45-42-39-36-24-21-18-15-12-9-6-3)65-59(62)53-50-47-44-41-38-35-32-28-26-23-20-17-14-11-8-5-2/h25,27-28,32,56H,4-24,26,29-31,33-55H2,1-3H3/b27-25-,32-28-. The monoisotopic (exact) mass is 915 g/mol. The quantitative estimate of drug-likeness (QED) is 0.0262. The van der Waals surface area contributed by atoms with Crippen LogP contribution in [0, 0.1) is 0 Å². The minimum atomic E-state index is -0.772. The molecular weight excluding hydrogens is 805 g/mol. The fourth-order valence-electron chi connectivity index (χ4n) is 8.55. The predicted molar refractivity (Wildman–Crippen MR) is 279 cm³/mol. The third kappa shape index (κ3) is 52.7. The molecule has 0 N–H and O–H groups in total. The van der Waals surface area contributed by atoms with E-state index in [1.54, 1.807) is 0 Å². The van der Waals surface area contributed by atoms with Crippen LogP contribution in [0.25, 0.3) is 0 Å². The molecule has 382 valence electrons. The van der Waals surface area contributed by atoms with Gasteiger partial charge in [-0.1, -0.05) is 251 Å². The minimum absolute atomic E-state index is 0.0709. The molecule has 65 heavy (non-hydrogen) atoms. The lowest BCUT2D eigenvalue weighted by Crippen LogP contribution is -2.30. The van der Waals surface area contributed by atoms with Crippen LogP contribution in [0.2, 0.25) is 0 Å². The first-order valence-corrected chi connectivity index (χ1v) is 28.8. The average molecular weight is 916 g/mol. The summed E-state index contributed by atoms with van der Waals surface area (Å²) in [6.07, 6.45) is 63.1. The summed E-state index contributed by atoms with van der Waals surface area (Å²) < 4.78 is 16.9. The van der Waals surface area contributed by atoms with Gasteiger partial charge in [-0.15, -0.1) is 0 Å². The number of hydrogen-bond donors (Lipinski definition) is 0. The summed E-state index contributed by atoms with van der Waals surface area (Å²) in [5.74, 6) is -0.863. The second kappa shape index (κ2) is 54.5. The predicted octanol–water partition coefficient (Wildman–Crippen LogP) is 19.1. The maximum atomic E-state index is 12.8. The zero-order valence-electron chi connectivity index (χ0n) is 43.8. The lowest BCUT2D eigenvalue weighted by atomic mass is 10.0. The van der Waals surface area contributed by atoms with E-state index in [2.05, 4.69) is 45.1 Å². The van der Waals surface area contributed by atoms with Gasteiger partial charge >= 0.3 is 17.9 Å². The molecule has 0 aliphatic carbocycles. The third-order valence-corrected chi connectivity index (χ3v) is 12.9. The highest BCUT2D eigenvalue weighted by Gasteiger charge is 2.19. The summed E-state index contributed by atoms with van der Waals surface area (Å²) >= 11 is 0. The molecule has 0 bridgehead atoms. The van der Waals surface area contributed by atoms with Gasteiger partial charge in [0.15, 0.2) is 6.10 Å². The van der Waals surface area contributed by atoms with Gasteiger partial charge in [-0.25, -0.2) is 0 Å². The van der Waals surface area contributed by atoms with Gasteiger partial charge < -0.3 is 14.2 Å². The molecule has 1 atom stereocenters. The molecule has 0 amide bonds. The molecule has 0 spiro atoms. The Kier molecular flexibility index (Phi) is 52.7. The molecule has 0 aromatic heterocycles. The number of allylic oxidation sites excluding steroid dienone is 4. The number of hydrogen-bond acceptors (Lipinski definition) is 6. The van der Waals surface area contributed by atoms with Crippen molar-refractivity contribution in [2.24, 2.45) is 0 Å². The topological polar surface area (TPSA) is 78.9 Å². The van der Waals surface area contributed by atoms with Gasteiger partial charge in [0.2, 0.25) is 0 Å². The molecule has 0 rings (SSSR count). The van der Waals surface area contributed by atoms with Crippen LogP contribution in [0.3, 0.4) is 0 Å². The molecule has 0 aliphatic rings. The van der Waals surface area contributed by atoms with Crippen LogP contribution in [-0.2, 0) is 28.6 Å². The number of ether oxygens (including phenoxy) is 3. The van der Waals surface area contributed by atoms with Gasteiger partial charge in [0.25, 0.3) is 0 Å². The summed E-state index contributed by atoms with van der Waals surface area (Å²) in [5, 5.41) is 0. The highest BCUT2D eigenvalue weighted by atomic mass is 16.6. The smallest absolute Gasteiger partial charge is 0.306 e. The Morgan fingerprint density at radius 3 is 0.769 bits per heavy atom. The first-order valence-electron chi connectivity index (χ1n) is 28.8. The first kappa shape index (κ1) is 62.9. The Hall–Kier alpha value is -2.11. The summed E-state index contributed by atoms with van der Waals surface area (Å²) in [5.41, 5.74) is 0. The van der Waals surface area contributed by atoms with E-state index in [-0.39, 0.29) is 31.1 Å². The Balaban J connectivity index is 4.31. The molecule has 0 saturated heterocycles. The van der Waals surface area contributed by atoms with E-state index >= 15 is 0 Å². The van der Waals surface area contributed by atoms with Crippen molar-refractivity contribution in [3.63, 3.8) is 0 Å². The zero-order valence-corrected chi connectivity index (χ0v) is 43.8. The van der Waals surface area contributed by atoms with Crippen LogP contribution in [-0.4, -0.2) is 37.2 Å². The Morgan fingerprint density at radius 1 is 0.292 bits per heavy atom. The van der Waals surface area contributed by atoms with Crippen LogP contribution in [0.1, 0.15) is 316 Å². The molecule has 0 aromatic rings. The second-order valence-electron chi connectivity index (χ2n) is 19.6. The van der Waals surface area contributed by atoms with E-state index in [4.69, 9.17) is 14.2 Å². The van der Waals surface area contributed by atoms with Gasteiger partial charge in [-0.05, 0) is 70.6 Å². The highest BCUT2D eigenvalue weighted by Crippen LogP contribution is 2.16. The molecule has 0 aliphatic heterocycles. The summed E-state index contributed by atoms with van der Waals surface area (Å²) in [6.45, 7) is 6.66. The van der Waals surface area contributed by atoms with Crippen LogP contribution < -0.4 is 0 Å². The van der Waals surface area contributed by atoms with Crippen molar-refractivity contribution in [2.45, 2.75) is 322 Å². The molecule has 0 aromatic carbocycles. The fourth-order valence-corrected chi connectivity index (χ4v) is 8.55. The molecule has 1 unspecified atom stereocenters. The van der Waals surface area contributed by atoms with E-state index in [1.165, 1.54) is 212 Å². The first-order chi connectivity index (χ1) is 32.0. The van der Waals surface area contributed by atoms with Gasteiger partial charge in [-0.2, -0.15) is 0 Å². The number of carbonyl (C=O) groups is 3. The van der Waals surface area contributed by atoms with E-state index in [0.29, 0.717) is 19.3 Å². The second-order valence-corrected chi connectivity index (χ2v) is 19.6. The number of carbonyl (C=O) groups excluding carboxylic acids is 3. The van der Waals surface area contributed by atoms with Crippen LogP contribution in [0.15, 0.2) is 24.3 Å². The molecule has 0 saturated carbocycles. The Bertz CT molecular complexity index is 1050. The van der Waals surface area contributed by atoms with Crippen molar-refractivity contribution in [3.8, 4) is 0 Å². The number of unbranched alkanes of at least 4 members (excludes halogenated alkanes) is 38. The summed E-state index contributed by atoms with van der Waals surface area (Å²) in [6, 6.07) is 0. The molecule has 0 radical (unpaired) electrons. The van der Waals surface area contributed by atoms with Crippen molar-refractivity contribution in [1.29, 1.82) is 0 Å². The summed E-state index contributed by atoms with van der Waals surface area (Å²) in [4.78, 5) is 38.1. The normalized spacial score (nSPS) is 12.1. The van der Waals surface area contributed by atoms with Crippen molar-refractivity contribution >= 4 is 17.9 Å². The molecule has 0 heterocycles. The van der Waals surface area contributed by atoms with Crippen molar-refractivity contribution in [1.82, 2.24) is 0 Å². The van der Waals surface area contributed by atoms with E-state index < -0.39 is 6.10 Å². The molecule has 0 fully saturated rings. The van der Waals surface area contributed by atoms with Crippen LogP contribution in [0.5, 0.6) is 0 Å². The van der Waals surface area contributed by atoms with Crippen molar-refractivity contribution in [3.05, 3.63) is 24.3 Å². The molecule has 6 nitrogen and oxygen atoms in total. The molecule has 6 heteroatoms. The summed E-state index contributed by atoms with van der Waals surface area (Å²) in [7, 11) is 0. The van der Waals surface area contributed by atoms with Crippen LogP contribution in [0.4, 0.5) is 0 Å². The third-order valence-electron chi connectivity index (χ3n) is 12.9. The Labute approximate surface area is 404 Å². The minimum Gasteiger partial charge on any atom is -0.462 e. The molecular formula is C59H110O6. The average Bonchev–Trinajstić information content (AvgIpc) is 3.30. The fraction of sp³-hybridized carbons (Fsp3) is 0.881. The Morgan fingerprint density at radius 2 is 0.508 bits per heavy atom. The van der Waals surface area contributed by atoms with Crippen LogP contribution >= 0.6 is 0 Å². The SMILES string of the molecule is CCCCCCCC/C=C\CCCCCCCCCCCC(=O)OCC(COC(=O)CCCCCCCCCCCCCC)OC(=O)CCCCCCC/C=C\CCCCCCCCC. The van der Waals surface area contributed by atoms with Gasteiger partial charge in [0.05, 0.1) is 0 Å². The highest BCUT2D eigenvalue weighted by molar-refractivity contribution is 5.71. The van der Waals surface area contributed by atoms with Crippen molar-refractivity contribution < 1.29 is 28.6 Å². The van der Waals surface area contributed by atoms with E-state index in [9.17, 15) is 14.4 Å². The van der Waals surface area contributed by atoms with E-state index in [0.717, 1.165) is 64.2 Å². The number of esters is 3. The zero-order chi connectivity index (χ0) is 47.2. The van der Waals surface area contributed by atoms with Gasteiger partial charge in [0.1, 0.15) is 13.2 Å². The van der Waals surface area contributed by atoms with Gasteiger partial charge in [0, 0.05) is 19.3 Å². The van der Waals surface area contributed by atoms with Crippen molar-refractivity contribution in [2.75, 3.05) is 13.2 Å². The maximum absolute atomic E-state index is 12.8.